The third-order valence-corrected chi connectivity index (χ3v) is 4.04. The van der Waals surface area contributed by atoms with Gasteiger partial charge in [-0.3, -0.25) is 14.4 Å². The van der Waals surface area contributed by atoms with Gasteiger partial charge in [-0.05, 0) is 38.0 Å². The summed E-state index contributed by atoms with van der Waals surface area (Å²) in [6.45, 7) is 5.52. The fourth-order valence-corrected chi connectivity index (χ4v) is 2.89. The second-order valence-electron chi connectivity index (χ2n) is 6.33. The van der Waals surface area contributed by atoms with Crippen LogP contribution in [0.15, 0.2) is 36.0 Å². The first-order valence-corrected chi connectivity index (χ1v) is 8.65. The largest absolute Gasteiger partial charge is 0.453 e. The Labute approximate surface area is 162 Å². The summed E-state index contributed by atoms with van der Waals surface area (Å²) in [6, 6.07) is 8.91. The van der Waals surface area contributed by atoms with E-state index in [0.29, 0.717) is 22.4 Å². The van der Waals surface area contributed by atoms with Crippen LogP contribution >= 0.6 is 0 Å². The molecule has 7 heteroatoms. The van der Waals surface area contributed by atoms with Gasteiger partial charge in [0.2, 0.25) is 11.7 Å². The van der Waals surface area contributed by atoms with Gasteiger partial charge in [0.15, 0.2) is 12.4 Å². The summed E-state index contributed by atoms with van der Waals surface area (Å²) in [5, 5.41) is 2.42. The zero-order valence-electron chi connectivity index (χ0n) is 16.2. The lowest BCUT2D eigenvalue weighted by atomic mass is 10.1. The van der Waals surface area contributed by atoms with Crippen LogP contribution in [-0.4, -0.2) is 35.0 Å². The smallest absolute Gasteiger partial charge is 0.355 e. The Balaban J connectivity index is 2.15. The Morgan fingerprint density at radius 1 is 1.07 bits per heavy atom. The number of H-pyrrole nitrogens is 1. The van der Waals surface area contributed by atoms with Gasteiger partial charge < -0.3 is 15.0 Å². The molecule has 2 aromatic rings. The first-order chi connectivity index (χ1) is 13.2. The molecule has 0 spiro atoms. The fraction of sp³-hybridized carbons (Fsp3) is 0.238. The summed E-state index contributed by atoms with van der Waals surface area (Å²) in [4.78, 5) is 50.8. The van der Waals surface area contributed by atoms with E-state index in [4.69, 9.17) is 4.74 Å². The van der Waals surface area contributed by atoms with Crippen molar-refractivity contribution in [1.29, 1.82) is 0 Å². The topological polar surface area (TPSA) is 105 Å². The molecule has 1 aromatic heterocycles. The number of benzene rings is 1. The number of amides is 1. The van der Waals surface area contributed by atoms with Gasteiger partial charge in [-0.25, -0.2) is 4.79 Å². The number of carbonyl (C=O) groups is 4. The molecule has 2 N–H and O–H groups in total. The molecule has 0 radical (unpaired) electrons. The van der Waals surface area contributed by atoms with Crippen LogP contribution in [0.1, 0.15) is 51.5 Å². The predicted octanol–water partition coefficient (Wildman–Crippen LogP) is 2.74. The summed E-state index contributed by atoms with van der Waals surface area (Å²) in [6.07, 6.45) is 1.46. The number of ketones is 2. The molecule has 7 nitrogen and oxygen atoms in total. The van der Waals surface area contributed by atoms with Crippen LogP contribution in [0.25, 0.3) is 6.08 Å². The van der Waals surface area contributed by atoms with E-state index in [2.05, 4.69) is 10.3 Å². The van der Waals surface area contributed by atoms with Crippen LogP contribution in [0.4, 0.5) is 0 Å². The first-order valence-electron chi connectivity index (χ1n) is 8.65. The van der Waals surface area contributed by atoms with Crippen molar-refractivity contribution in [1.82, 2.24) is 10.3 Å². The monoisotopic (exact) mass is 382 g/mol. The number of rotatable bonds is 7. The van der Waals surface area contributed by atoms with Gasteiger partial charge in [-0.1, -0.05) is 30.3 Å². The van der Waals surface area contributed by atoms with Gasteiger partial charge in [0.1, 0.15) is 5.70 Å². The van der Waals surface area contributed by atoms with Crippen molar-refractivity contribution >= 4 is 29.5 Å². The van der Waals surface area contributed by atoms with E-state index in [1.165, 1.54) is 19.9 Å². The summed E-state index contributed by atoms with van der Waals surface area (Å²) in [5.74, 6) is -1.89. The number of carbonyl (C=O) groups excluding carboxylic acids is 4. The lowest BCUT2D eigenvalue weighted by molar-refractivity contribution is -0.139. The van der Waals surface area contributed by atoms with Crippen molar-refractivity contribution in [2.45, 2.75) is 27.7 Å². The number of hydrogen-bond acceptors (Lipinski definition) is 5. The van der Waals surface area contributed by atoms with E-state index in [9.17, 15) is 19.2 Å². The molecule has 0 aliphatic heterocycles. The van der Waals surface area contributed by atoms with Gasteiger partial charge in [0, 0.05) is 18.2 Å². The van der Waals surface area contributed by atoms with Crippen LogP contribution in [-0.2, 0) is 14.3 Å². The average Bonchev–Trinajstić information content (AvgIpc) is 2.93. The molecule has 0 saturated heterocycles. The van der Waals surface area contributed by atoms with E-state index < -0.39 is 24.3 Å². The minimum atomic E-state index is -0.833. The number of aryl methyl sites for hydroxylation is 1. The highest BCUT2D eigenvalue weighted by Gasteiger charge is 2.21. The number of aromatic amines is 1. The number of ether oxygens (including phenoxy) is 1. The highest BCUT2D eigenvalue weighted by Crippen LogP contribution is 2.19. The zero-order valence-corrected chi connectivity index (χ0v) is 16.2. The molecule has 1 heterocycles. The van der Waals surface area contributed by atoms with Gasteiger partial charge >= 0.3 is 5.97 Å². The molecule has 28 heavy (non-hydrogen) atoms. The average molecular weight is 382 g/mol. The number of hydrogen-bond donors (Lipinski definition) is 2. The van der Waals surface area contributed by atoms with Crippen molar-refractivity contribution in [3.63, 3.8) is 0 Å². The Bertz CT molecular complexity index is 955. The van der Waals surface area contributed by atoms with Crippen molar-refractivity contribution in [2.24, 2.45) is 0 Å². The number of Topliss-reactive ketones (excluding diaryl/α,β-unsaturated/α-hetero) is 2. The van der Waals surface area contributed by atoms with Crippen LogP contribution in [0, 0.1) is 13.8 Å². The number of nitrogens with one attached hydrogen (secondary N) is 2. The van der Waals surface area contributed by atoms with E-state index in [0.717, 1.165) is 0 Å². The standard InChI is InChI=1S/C21H22N2O5/c1-12-19(14(3)24)13(2)22-20(12)18(26)11-28-21(27)17(23-15(4)25)10-16-8-6-5-7-9-16/h5-10,22H,11H2,1-4H3,(H,23,25)/b17-10-. The highest BCUT2D eigenvalue weighted by molar-refractivity contribution is 6.05. The quantitative estimate of drug-likeness (QED) is 0.435. The van der Waals surface area contributed by atoms with Crippen LogP contribution < -0.4 is 5.32 Å². The van der Waals surface area contributed by atoms with E-state index in [-0.39, 0.29) is 17.2 Å². The first kappa shape index (κ1) is 20.8. The Kier molecular flexibility index (Phi) is 6.65. The predicted molar refractivity (Wildman–Crippen MR) is 104 cm³/mol. The maximum Gasteiger partial charge on any atom is 0.355 e. The summed E-state index contributed by atoms with van der Waals surface area (Å²) >= 11 is 0. The molecule has 0 unspecified atom stereocenters. The molecule has 0 atom stereocenters. The summed E-state index contributed by atoms with van der Waals surface area (Å²) in [5.41, 5.74) is 2.41. The van der Waals surface area contributed by atoms with Crippen LogP contribution in [0.3, 0.4) is 0 Å². The van der Waals surface area contributed by atoms with Crippen molar-refractivity contribution in [3.8, 4) is 0 Å². The minimum Gasteiger partial charge on any atom is -0.453 e. The van der Waals surface area contributed by atoms with Gasteiger partial charge in [0.05, 0.1) is 5.69 Å². The normalized spacial score (nSPS) is 11.1. The summed E-state index contributed by atoms with van der Waals surface area (Å²) < 4.78 is 5.08. The van der Waals surface area contributed by atoms with Gasteiger partial charge in [0.25, 0.3) is 0 Å². The molecule has 2 rings (SSSR count). The number of aromatic nitrogens is 1. The minimum absolute atomic E-state index is 0.0738. The molecular weight excluding hydrogens is 360 g/mol. The molecule has 1 aromatic carbocycles. The van der Waals surface area contributed by atoms with Crippen molar-refractivity contribution < 1.29 is 23.9 Å². The van der Waals surface area contributed by atoms with E-state index in [1.54, 1.807) is 38.1 Å². The van der Waals surface area contributed by atoms with E-state index in [1.807, 2.05) is 6.07 Å². The molecule has 1 amide bonds. The molecule has 0 aliphatic rings. The lowest BCUT2D eigenvalue weighted by Gasteiger charge is -2.09. The fourth-order valence-electron chi connectivity index (χ4n) is 2.89. The molecule has 0 fully saturated rings. The van der Waals surface area contributed by atoms with Crippen LogP contribution in [0.2, 0.25) is 0 Å². The summed E-state index contributed by atoms with van der Waals surface area (Å²) in [7, 11) is 0. The third-order valence-electron chi connectivity index (χ3n) is 4.04. The SMILES string of the molecule is CC(=O)N/C(=C\c1ccccc1)C(=O)OCC(=O)c1[nH]c(C)c(C(C)=O)c1C. The van der Waals surface area contributed by atoms with Crippen LogP contribution in [0.5, 0.6) is 0 Å². The number of esters is 1. The maximum atomic E-state index is 12.4. The molecular formula is C21H22N2O5. The Hall–Kier alpha value is -3.48. The molecule has 0 saturated carbocycles. The maximum absolute atomic E-state index is 12.4. The van der Waals surface area contributed by atoms with Crippen molar-refractivity contribution in [2.75, 3.05) is 6.61 Å². The highest BCUT2D eigenvalue weighted by atomic mass is 16.5. The lowest BCUT2D eigenvalue weighted by Crippen LogP contribution is -2.27. The van der Waals surface area contributed by atoms with Gasteiger partial charge in [-0.15, -0.1) is 0 Å². The van der Waals surface area contributed by atoms with Crippen molar-refractivity contribution in [3.05, 3.63) is 64.1 Å². The third kappa shape index (κ3) is 5.03. The Morgan fingerprint density at radius 2 is 1.71 bits per heavy atom. The molecule has 0 aliphatic carbocycles. The van der Waals surface area contributed by atoms with E-state index >= 15 is 0 Å². The zero-order chi connectivity index (χ0) is 20.8. The molecule has 146 valence electrons. The Morgan fingerprint density at radius 3 is 2.25 bits per heavy atom. The van der Waals surface area contributed by atoms with Gasteiger partial charge in [-0.2, -0.15) is 0 Å². The second kappa shape index (κ2) is 8.94. The second-order valence-corrected chi connectivity index (χ2v) is 6.33. The molecule has 0 bridgehead atoms.